The van der Waals surface area contributed by atoms with Gasteiger partial charge in [-0.05, 0) is 55.3 Å². The largest absolute Gasteiger partial charge is 0.573 e. The Labute approximate surface area is 233 Å². The number of fused-ring (bicyclic) bond motifs is 3. The molecule has 0 saturated heterocycles. The van der Waals surface area contributed by atoms with Gasteiger partial charge in [0, 0.05) is 41.7 Å². The van der Waals surface area contributed by atoms with Crippen molar-refractivity contribution >= 4 is 39.2 Å². The van der Waals surface area contributed by atoms with E-state index in [9.17, 15) is 18.0 Å². The van der Waals surface area contributed by atoms with E-state index in [1.54, 1.807) is 24.5 Å². The van der Waals surface area contributed by atoms with Gasteiger partial charge in [0.15, 0.2) is 0 Å². The first-order valence-electron chi connectivity index (χ1n) is 12.5. The van der Waals surface area contributed by atoms with Crippen LogP contribution in [-0.2, 0) is 16.0 Å². The Kier molecular flexibility index (Phi) is 9.97. The van der Waals surface area contributed by atoms with Crippen LogP contribution in [-0.4, -0.2) is 55.8 Å². The van der Waals surface area contributed by atoms with Crippen molar-refractivity contribution in [2.24, 2.45) is 0 Å². The van der Waals surface area contributed by atoms with Gasteiger partial charge in [-0.25, -0.2) is 9.78 Å². The van der Waals surface area contributed by atoms with Gasteiger partial charge in [-0.1, -0.05) is 23.7 Å². The molecule has 0 amide bonds. The molecular formula is C28H27ClF3N3O5. The minimum absolute atomic E-state index is 0.0956. The van der Waals surface area contributed by atoms with Crippen LogP contribution in [0.4, 0.5) is 13.2 Å². The number of aromatic nitrogens is 2. The minimum Gasteiger partial charge on any atom is -0.475 e. The molecule has 8 nitrogen and oxygen atoms in total. The summed E-state index contributed by atoms with van der Waals surface area (Å²) < 4.78 is 57.3. The maximum absolute atomic E-state index is 12.3. The first kappa shape index (κ1) is 29.3. The number of benzene rings is 2. The maximum Gasteiger partial charge on any atom is 0.573 e. The Morgan fingerprint density at radius 2 is 1.85 bits per heavy atom. The number of carbonyl (C=O) groups excluding carboxylic acids is 1. The molecule has 0 aliphatic rings. The second-order valence-electron chi connectivity index (χ2n) is 8.72. The smallest absolute Gasteiger partial charge is 0.475 e. The fourth-order valence-corrected chi connectivity index (χ4v) is 4.26. The number of hydrogen-bond acceptors (Lipinski definition) is 8. The highest BCUT2D eigenvalue weighted by atomic mass is 35.5. The lowest BCUT2D eigenvalue weighted by molar-refractivity contribution is -0.274. The van der Waals surface area contributed by atoms with Crippen molar-refractivity contribution in [1.82, 2.24) is 15.3 Å². The van der Waals surface area contributed by atoms with E-state index in [-0.39, 0.29) is 5.02 Å². The molecule has 0 fully saturated rings. The predicted molar refractivity (Wildman–Crippen MR) is 144 cm³/mol. The molecule has 1 N–H and O–H groups in total. The van der Waals surface area contributed by atoms with Crippen molar-refractivity contribution in [3.63, 3.8) is 0 Å². The summed E-state index contributed by atoms with van der Waals surface area (Å²) in [6.07, 6.45) is 0.276. The topological polar surface area (TPSA) is 91.8 Å². The number of hydrogen-bond donors (Lipinski definition) is 1. The highest BCUT2D eigenvalue weighted by Gasteiger charge is 2.32. The summed E-state index contributed by atoms with van der Waals surface area (Å²) in [4.78, 5) is 20.8. The summed E-state index contributed by atoms with van der Waals surface area (Å²) in [6, 6.07) is 11.2. The maximum atomic E-state index is 12.3. The highest BCUT2D eigenvalue weighted by molar-refractivity contribution is 6.32. The number of unbranched alkanes of at least 4 members (excludes halogenated alkanes) is 1. The van der Waals surface area contributed by atoms with E-state index in [1.807, 2.05) is 12.1 Å². The van der Waals surface area contributed by atoms with Crippen LogP contribution in [0.25, 0.3) is 21.7 Å². The molecule has 4 aromatic rings. The fraction of sp³-hybridized carbons (Fsp3) is 0.321. The third-order valence-electron chi connectivity index (χ3n) is 5.89. The molecule has 2 aromatic carbocycles. The second kappa shape index (κ2) is 13.6. The van der Waals surface area contributed by atoms with E-state index in [1.165, 1.54) is 25.3 Å². The molecule has 0 radical (unpaired) electrons. The quantitative estimate of drug-likeness (QED) is 0.116. The minimum atomic E-state index is -4.78. The molecule has 12 heteroatoms. The van der Waals surface area contributed by atoms with Gasteiger partial charge in [0.1, 0.15) is 12.4 Å². The van der Waals surface area contributed by atoms with Crippen LogP contribution in [0, 0.1) is 0 Å². The number of rotatable bonds is 13. The predicted octanol–water partition coefficient (Wildman–Crippen LogP) is 6.09. The van der Waals surface area contributed by atoms with Gasteiger partial charge in [-0.3, -0.25) is 4.98 Å². The second-order valence-corrected chi connectivity index (χ2v) is 9.13. The third-order valence-corrected chi connectivity index (χ3v) is 6.19. The van der Waals surface area contributed by atoms with Crippen LogP contribution in [0.2, 0.25) is 5.02 Å². The van der Waals surface area contributed by atoms with E-state index < -0.39 is 18.1 Å². The van der Waals surface area contributed by atoms with E-state index in [0.29, 0.717) is 49.9 Å². The van der Waals surface area contributed by atoms with Gasteiger partial charge >= 0.3 is 12.3 Å². The molecule has 0 aliphatic carbocycles. The Balaban J connectivity index is 1.18. The third kappa shape index (κ3) is 7.93. The standard InChI is InChI=1S/C28H27ClF3N3O5/c1-37-27(36)19-5-6-20-22-17-34-10-8-21(22)26(35-24(20)15-19)39-13-12-38-11-3-2-9-33-16-18-4-7-25(23(29)14-18)40-28(30,31)32/h4-8,10,14-15,17,33H,2-3,9,11-13,16H2,1H3. The summed E-state index contributed by atoms with van der Waals surface area (Å²) in [5.74, 6) is -0.440. The lowest BCUT2D eigenvalue weighted by Gasteiger charge is -2.12. The van der Waals surface area contributed by atoms with Crippen LogP contribution in [0.1, 0.15) is 28.8 Å². The Morgan fingerprint density at radius 3 is 2.62 bits per heavy atom. The lowest BCUT2D eigenvalue weighted by Crippen LogP contribution is -2.18. The molecule has 2 aromatic heterocycles. The van der Waals surface area contributed by atoms with Crippen molar-refractivity contribution in [3.8, 4) is 11.6 Å². The van der Waals surface area contributed by atoms with Gasteiger partial charge < -0.3 is 24.3 Å². The molecule has 212 valence electrons. The molecule has 0 aliphatic heterocycles. The monoisotopic (exact) mass is 577 g/mol. The molecule has 0 unspecified atom stereocenters. The average Bonchev–Trinajstić information content (AvgIpc) is 2.94. The van der Waals surface area contributed by atoms with E-state index >= 15 is 0 Å². The van der Waals surface area contributed by atoms with Crippen LogP contribution in [0.15, 0.2) is 54.9 Å². The highest BCUT2D eigenvalue weighted by Crippen LogP contribution is 2.32. The van der Waals surface area contributed by atoms with Crippen molar-refractivity contribution in [2.75, 3.05) is 33.5 Å². The molecule has 0 saturated carbocycles. The van der Waals surface area contributed by atoms with Crippen LogP contribution in [0.3, 0.4) is 0 Å². The van der Waals surface area contributed by atoms with Gasteiger partial charge in [0.25, 0.3) is 0 Å². The van der Waals surface area contributed by atoms with E-state index in [2.05, 4.69) is 20.0 Å². The SMILES string of the molecule is COC(=O)c1ccc2c(c1)nc(OCCOCCCCNCc1ccc(OC(F)(F)F)c(Cl)c1)c1ccncc12. The molecule has 2 heterocycles. The number of halogens is 4. The first-order valence-corrected chi connectivity index (χ1v) is 12.8. The van der Waals surface area contributed by atoms with E-state index in [0.717, 1.165) is 34.6 Å². The first-order chi connectivity index (χ1) is 19.2. The summed E-state index contributed by atoms with van der Waals surface area (Å²) in [5, 5.41) is 5.65. The zero-order chi connectivity index (χ0) is 28.5. The number of pyridine rings is 2. The number of esters is 1. The molecule has 0 spiro atoms. The average molecular weight is 578 g/mol. The number of alkyl halides is 3. The summed E-state index contributed by atoms with van der Waals surface area (Å²) in [5.41, 5.74) is 1.74. The van der Waals surface area contributed by atoms with Crippen LogP contribution >= 0.6 is 11.6 Å². The molecule has 0 bridgehead atoms. The summed E-state index contributed by atoms with van der Waals surface area (Å²) >= 11 is 5.87. The Morgan fingerprint density at radius 1 is 1.00 bits per heavy atom. The van der Waals surface area contributed by atoms with Gasteiger partial charge in [-0.15, -0.1) is 13.2 Å². The number of ether oxygens (including phenoxy) is 4. The van der Waals surface area contributed by atoms with Crippen LogP contribution in [0.5, 0.6) is 11.6 Å². The molecule has 4 rings (SSSR count). The molecule has 40 heavy (non-hydrogen) atoms. The van der Waals surface area contributed by atoms with Gasteiger partial charge in [-0.2, -0.15) is 0 Å². The summed E-state index contributed by atoms with van der Waals surface area (Å²) in [7, 11) is 1.33. The Bertz CT molecular complexity index is 1470. The normalized spacial score (nSPS) is 11.6. The number of nitrogens with zero attached hydrogens (tertiary/aromatic N) is 2. The van der Waals surface area contributed by atoms with Crippen molar-refractivity contribution in [1.29, 1.82) is 0 Å². The summed E-state index contributed by atoms with van der Waals surface area (Å²) in [6.45, 7) is 2.36. The molecule has 0 atom stereocenters. The van der Waals surface area contributed by atoms with E-state index in [4.69, 9.17) is 25.8 Å². The lowest BCUT2D eigenvalue weighted by atomic mass is 10.1. The van der Waals surface area contributed by atoms with Crippen molar-refractivity contribution in [2.45, 2.75) is 25.7 Å². The van der Waals surface area contributed by atoms with Crippen molar-refractivity contribution < 1.29 is 36.9 Å². The molecular weight excluding hydrogens is 551 g/mol. The van der Waals surface area contributed by atoms with Crippen LogP contribution < -0.4 is 14.8 Å². The number of nitrogens with one attached hydrogen (secondary N) is 1. The zero-order valence-corrected chi connectivity index (χ0v) is 22.3. The zero-order valence-electron chi connectivity index (χ0n) is 21.6. The van der Waals surface area contributed by atoms with Gasteiger partial charge in [0.05, 0.1) is 29.8 Å². The Hall–Kier alpha value is -3.67. The number of methoxy groups -OCH3 is 1. The van der Waals surface area contributed by atoms with Crippen molar-refractivity contribution in [3.05, 3.63) is 71.0 Å². The fourth-order valence-electron chi connectivity index (χ4n) is 4.02. The van der Waals surface area contributed by atoms with Gasteiger partial charge in [0.2, 0.25) is 5.88 Å². The number of carbonyl (C=O) groups is 1.